The molecule has 0 saturated carbocycles. The minimum atomic E-state index is -0.623. The lowest BCUT2D eigenvalue weighted by Crippen LogP contribution is -2.38. The molecule has 1 aromatic rings. The van der Waals surface area contributed by atoms with Crippen LogP contribution in [0.2, 0.25) is 0 Å². The zero-order valence-corrected chi connectivity index (χ0v) is 16.1. The molecule has 2 heterocycles. The Labute approximate surface area is 160 Å². The number of likely N-dealkylation sites (N-methyl/N-ethyl adjacent to an activating group) is 1. The smallest absolute Gasteiger partial charge is 0.269 e. The van der Waals surface area contributed by atoms with Gasteiger partial charge in [-0.25, -0.2) is 0 Å². The molecule has 1 aromatic carbocycles. The van der Waals surface area contributed by atoms with E-state index in [1.165, 1.54) is 0 Å². The van der Waals surface area contributed by atoms with Crippen LogP contribution in [0.15, 0.2) is 35.5 Å². The quantitative estimate of drug-likeness (QED) is 0.847. The van der Waals surface area contributed by atoms with Crippen molar-refractivity contribution in [2.24, 2.45) is 5.16 Å². The first-order valence-corrected chi connectivity index (χ1v) is 9.53. The van der Waals surface area contributed by atoms with Crippen LogP contribution >= 0.6 is 0 Å². The standard InChI is InChI=1S/C20H28N4O3/c1-20(16-7-4-3-5-8-16)15-17(22-27-20)19(26)21-10-9-18(25)24-12-6-11-23(2)13-14-24/h3-5,7-8H,6,9-15H2,1-2H3,(H,21,26). The highest BCUT2D eigenvalue weighted by Crippen LogP contribution is 2.34. The predicted molar refractivity (Wildman–Crippen MR) is 103 cm³/mol. The number of oxime groups is 1. The SMILES string of the molecule is CN1CCCN(C(=O)CCNC(=O)C2=NOC(C)(c3ccccc3)C2)CC1. The molecule has 0 aromatic heterocycles. The van der Waals surface area contributed by atoms with Gasteiger partial charge in [0.2, 0.25) is 5.91 Å². The monoisotopic (exact) mass is 372 g/mol. The third kappa shape index (κ3) is 4.86. The van der Waals surface area contributed by atoms with Gasteiger partial charge in [-0.1, -0.05) is 35.5 Å². The minimum absolute atomic E-state index is 0.0873. The Morgan fingerprint density at radius 2 is 1.96 bits per heavy atom. The van der Waals surface area contributed by atoms with Gasteiger partial charge in [-0.3, -0.25) is 9.59 Å². The van der Waals surface area contributed by atoms with E-state index in [1.54, 1.807) is 0 Å². The summed E-state index contributed by atoms with van der Waals surface area (Å²) >= 11 is 0. The molecule has 7 heteroatoms. The molecule has 2 aliphatic rings. The summed E-state index contributed by atoms with van der Waals surface area (Å²) in [5.41, 5.74) is 0.727. The molecule has 27 heavy (non-hydrogen) atoms. The lowest BCUT2D eigenvalue weighted by atomic mass is 9.91. The van der Waals surface area contributed by atoms with Gasteiger partial charge in [0, 0.05) is 39.0 Å². The Hall–Kier alpha value is -2.41. The molecule has 0 aliphatic carbocycles. The summed E-state index contributed by atoms with van der Waals surface area (Å²) in [7, 11) is 2.07. The van der Waals surface area contributed by atoms with E-state index in [0.717, 1.165) is 38.2 Å². The number of amides is 2. The van der Waals surface area contributed by atoms with Crippen LogP contribution in [0.1, 0.15) is 31.7 Å². The number of rotatable bonds is 5. The van der Waals surface area contributed by atoms with Crippen LogP contribution in [0.25, 0.3) is 0 Å². The molecule has 146 valence electrons. The molecule has 1 unspecified atom stereocenters. The highest BCUT2D eigenvalue weighted by Gasteiger charge is 2.38. The maximum absolute atomic E-state index is 12.4. The van der Waals surface area contributed by atoms with Crippen molar-refractivity contribution >= 4 is 17.5 Å². The summed E-state index contributed by atoms with van der Waals surface area (Å²) in [5.74, 6) is -0.178. The van der Waals surface area contributed by atoms with Crippen molar-refractivity contribution in [3.05, 3.63) is 35.9 Å². The molecule has 1 saturated heterocycles. The molecular weight excluding hydrogens is 344 g/mol. The summed E-state index contributed by atoms with van der Waals surface area (Å²) < 4.78 is 0. The van der Waals surface area contributed by atoms with Crippen molar-refractivity contribution in [1.82, 2.24) is 15.1 Å². The van der Waals surface area contributed by atoms with Crippen LogP contribution in [0.5, 0.6) is 0 Å². The lowest BCUT2D eigenvalue weighted by molar-refractivity contribution is -0.131. The predicted octanol–water partition coefficient (Wildman–Crippen LogP) is 1.35. The first-order chi connectivity index (χ1) is 13.0. The Balaban J connectivity index is 1.44. The van der Waals surface area contributed by atoms with Crippen LogP contribution in [0.3, 0.4) is 0 Å². The van der Waals surface area contributed by atoms with E-state index in [2.05, 4.69) is 22.4 Å². The van der Waals surface area contributed by atoms with Crippen molar-refractivity contribution in [3.8, 4) is 0 Å². The van der Waals surface area contributed by atoms with Crippen LogP contribution in [-0.4, -0.2) is 67.1 Å². The molecule has 1 fully saturated rings. The molecule has 0 radical (unpaired) electrons. The fraction of sp³-hybridized carbons (Fsp3) is 0.550. The van der Waals surface area contributed by atoms with Gasteiger partial charge in [0.1, 0.15) is 5.71 Å². The summed E-state index contributed by atoms with van der Waals surface area (Å²) in [4.78, 5) is 34.4. The molecule has 0 spiro atoms. The molecule has 0 bridgehead atoms. The summed E-state index contributed by atoms with van der Waals surface area (Å²) in [6.07, 6.45) is 1.70. The summed E-state index contributed by atoms with van der Waals surface area (Å²) in [6.45, 7) is 5.67. The van der Waals surface area contributed by atoms with E-state index in [9.17, 15) is 9.59 Å². The molecule has 1 N–H and O–H groups in total. The van der Waals surface area contributed by atoms with Gasteiger partial charge in [0.25, 0.3) is 5.91 Å². The summed E-state index contributed by atoms with van der Waals surface area (Å²) in [5, 5.41) is 6.78. The molecule has 1 atom stereocenters. The number of hydrogen-bond acceptors (Lipinski definition) is 5. The van der Waals surface area contributed by atoms with Gasteiger partial charge in [-0.05, 0) is 32.5 Å². The van der Waals surface area contributed by atoms with Gasteiger partial charge < -0.3 is 20.0 Å². The largest absolute Gasteiger partial charge is 0.384 e. The van der Waals surface area contributed by atoms with Crippen LogP contribution < -0.4 is 5.32 Å². The van der Waals surface area contributed by atoms with E-state index >= 15 is 0 Å². The molecular formula is C20H28N4O3. The second-order valence-electron chi connectivity index (χ2n) is 7.45. The van der Waals surface area contributed by atoms with Crippen molar-refractivity contribution in [3.63, 3.8) is 0 Å². The maximum atomic E-state index is 12.4. The second-order valence-corrected chi connectivity index (χ2v) is 7.45. The van der Waals surface area contributed by atoms with Crippen molar-refractivity contribution in [2.45, 2.75) is 31.8 Å². The van der Waals surface area contributed by atoms with Gasteiger partial charge in [0.05, 0.1) is 0 Å². The third-order valence-corrected chi connectivity index (χ3v) is 5.21. The van der Waals surface area contributed by atoms with E-state index in [1.807, 2.05) is 42.2 Å². The van der Waals surface area contributed by atoms with E-state index in [4.69, 9.17) is 4.84 Å². The van der Waals surface area contributed by atoms with Gasteiger partial charge in [-0.15, -0.1) is 0 Å². The topological polar surface area (TPSA) is 74.2 Å². The maximum Gasteiger partial charge on any atom is 0.269 e. The van der Waals surface area contributed by atoms with Crippen LogP contribution in [0, 0.1) is 0 Å². The first kappa shape index (κ1) is 19.4. The minimum Gasteiger partial charge on any atom is -0.384 e. The Morgan fingerprint density at radius 3 is 2.74 bits per heavy atom. The number of hydrogen-bond donors (Lipinski definition) is 1. The Bertz CT molecular complexity index is 706. The molecule has 2 aliphatic heterocycles. The number of carbonyl (C=O) groups is 2. The van der Waals surface area contributed by atoms with Crippen LogP contribution in [-0.2, 0) is 20.0 Å². The fourth-order valence-electron chi connectivity index (χ4n) is 3.45. The van der Waals surface area contributed by atoms with Crippen LogP contribution in [0.4, 0.5) is 0 Å². The average molecular weight is 372 g/mol. The Morgan fingerprint density at radius 1 is 1.19 bits per heavy atom. The zero-order valence-electron chi connectivity index (χ0n) is 16.1. The number of nitrogens with zero attached hydrogens (tertiary/aromatic N) is 3. The van der Waals surface area contributed by atoms with Crippen molar-refractivity contribution in [1.29, 1.82) is 0 Å². The van der Waals surface area contributed by atoms with Gasteiger partial charge >= 0.3 is 0 Å². The number of carbonyl (C=O) groups excluding carboxylic acids is 2. The Kier molecular flexibility index (Phi) is 6.11. The lowest BCUT2D eigenvalue weighted by Gasteiger charge is -2.21. The highest BCUT2D eigenvalue weighted by molar-refractivity contribution is 6.39. The third-order valence-electron chi connectivity index (χ3n) is 5.21. The molecule has 7 nitrogen and oxygen atoms in total. The molecule has 3 rings (SSSR count). The van der Waals surface area contributed by atoms with E-state index in [0.29, 0.717) is 25.1 Å². The van der Waals surface area contributed by atoms with Crippen molar-refractivity contribution < 1.29 is 14.4 Å². The average Bonchev–Trinajstić information content (AvgIpc) is 2.95. The summed E-state index contributed by atoms with van der Waals surface area (Å²) in [6, 6.07) is 9.75. The first-order valence-electron chi connectivity index (χ1n) is 9.53. The number of nitrogens with one attached hydrogen (secondary N) is 1. The van der Waals surface area contributed by atoms with Gasteiger partial charge in [-0.2, -0.15) is 0 Å². The van der Waals surface area contributed by atoms with E-state index in [-0.39, 0.29) is 11.8 Å². The zero-order chi connectivity index (χ0) is 19.3. The normalized spacial score (nSPS) is 23.3. The van der Waals surface area contributed by atoms with Gasteiger partial charge in [0.15, 0.2) is 5.60 Å². The molecule has 2 amide bonds. The number of benzene rings is 1. The van der Waals surface area contributed by atoms with Crippen molar-refractivity contribution in [2.75, 3.05) is 39.8 Å². The van der Waals surface area contributed by atoms with E-state index < -0.39 is 5.60 Å². The second kappa shape index (κ2) is 8.52. The highest BCUT2D eigenvalue weighted by atomic mass is 16.7. The fourth-order valence-corrected chi connectivity index (χ4v) is 3.45.